The maximum absolute atomic E-state index is 14.9. The summed E-state index contributed by atoms with van der Waals surface area (Å²) < 4.78 is 28.6. The molecule has 1 N–H and O–H groups in total. The lowest BCUT2D eigenvalue weighted by molar-refractivity contribution is -0.122. The number of anilines is 2. The average Bonchev–Trinajstić information content (AvgIpc) is 2.80. The van der Waals surface area contributed by atoms with Gasteiger partial charge in [-0.3, -0.25) is 9.59 Å². The Morgan fingerprint density at radius 3 is 2.68 bits per heavy atom. The smallest absolute Gasteiger partial charge is 0.244 e. The van der Waals surface area contributed by atoms with Crippen LogP contribution in [0.2, 0.25) is 10.0 Å². The number of carbonyl (C=O) groups is 2. The lowest BCUT2D eigenvalue weighted by atomic mass is 9.97. The number of fused-ring (bicyclic) bond motifs is 3. The number of rotatable bonds is 3. The number of hydrogen-bond acceptors (Lipinski definition) is 4. The van der Waals surface area contributed by atoms with E-state index in [2.05, 4.69) is 15.5 Å². The van der Waals surface area contributed by atoms with Gasteiger partial charge in [-0.15, -0.1) is 0 Å². The summed E-state index contributed by atoms with van der Waals surface area (Å²) in [7, 11) is 0. The molecule has 4 rings (SSSR count). The molecule has 0 fully saturated rings. The van der Waals surface area contributed by atoms with E-state index in [0.29, 0.717) is 5.56 Å². The van der Waals surface area contributed by atoms with Gasteiger partial charge in [-0.25, -0.2) is 8.78 Å². The standard InChI is InChI=1S/C21H14Cl2F2N4O2/c1-10-13-4-5-26-28-20(13)19-16(25)6-11(22)7-17(19)29(21(10)31)9-18(30)27-12-2-3-14(23)15(24)8-12/h2-8,10H,9H2,1H3,(H,27,30). The molecule has 1 aliphatic heterocycles. The molecule has 1 aromatic heterocycles. The normalized spacial score (nSPS) is 15.2. The second-order valence-electron chi connectivity index (χ2n) is 6.94. The van der Waals surface area contributed by atoms with E-state index in [1.807, 2.05) is 0 Å². The van der Waals surface area contributed by atoms with Gasteiger partial charge in [-0.05, 0) is 48.9 Å². The molecule has 0 bridgehead atoms. The average molecular weight is 463 g/mol. The maximum atomic E-state index is 14.9. The number of amides is 2. The molecule has 1 atom stereocenters. The molecule has 2 aromatic carbocycles. The molecule has 0 saturated carbocycles. The van der Waals surface area contributed by atoms with E-state index in [0.717, 1.165) is 17.0 Å². The predicted molar refractivity (Wildman–Crippen MR) is 113 cm³/mol. The second kappa shape index (κ2) is 8.20. The van der Waals surface area contributed by atoms with Crippen molar-refractivity contribution in [3.63, 3.8) is 0 Å². The van der Waals surface area contributed by atoms with Gasteiger partial charge in [0.2, 0.25) is 11.8 Å². The largest absolute Gasteiger partial charge is 0.324 e. The Balaban J connectivity index is 1.75. The highest BCUT2D eigenvalue weighted by Crippen LogP contribution is 2.42. The van der Waals surface area contributed by atoms with Crippen molar-refractivity contribution in [2.45, 2.75) is 12.8 Å². The summed E-state index contributed by atoms with van der Waals surface area (Å²) >= 11 is 11.7. The van der Waals surface area contributed by atoms with E-state index in [-0.39, 0.29) is 32.7 Å². The molecule has 0 aliphatic carbocycles. The monoisotopic (exact) mass is 462 g/mol. The fourth-order valence-electron chi connectivity index (χ4n) is 3.46. The van der Waals surface area contributed by atoms with Gasteiger partial charge in [0.05, 0.1) is 22.2 Å². The first-order chi connectivity index (χ1) is 14.8. The topological polar surface area (TPSA) is 75.2 Å². The minimum absolute atomic E-state index is 0.0236. The number of benzene rings is 2. The zero-order chi connectivity index (χ0) is 22.3. The molecule has 0 spiro atoms. The third-order valence-electron chi connectivity index (χ3n) is 4.92. The van der Waals surface area contributed by atoms with Crippen LogP contribution in [0.4, 0.5) is 20.2 Å². The minimum atomic E-state index is -0.725. The zero-order valence-electron chi connectivity index (χ0n) is 16.0. The van der Waals surface area contributed by atoms with Gasteiger partial charge in [0, 0.05) is 16.9 Å². The van der Waals surface area contributed by atoms with Crippen LogP contribution in [-0.4, -0.2) is 28.6 Å². The molecule has 1 unspecified atom stereocenters. The summed E-state index contributed by atoms with van der Waals surface area (Å²) in [4.78, 5) is 27.1. The van der Waals surface area contributed by atoms with Gasteiger partial charge >= 0.3 is 0 Å². The maximum Gasteiger partial charge on any atom is 0.244 e. The molecule has 10 heteroatoms. The van der Waals surface area contributed by atoms with E-state index >= 15 is 0 Å². The van der Waals surface area contributed by atoms with Gasteiger partial charge in [0.15, 0.2) is 0 Å². The number of hydrogen-bond donors (Lipinski definition) is 1. The van der Waals surface area contributed by atoms with Crippen LogP contribution < -0.4 is 10.2 Å². The Kier molecular flexibility index (Phi) is 5.60. The van der Waals surface area contributed by atoms with Crippen LogP contribution in [0.1, 0.15) is 18.4 Å². The number of nitrogens with one attached hydrogen (secondary N) is 1. The molecule has 2 heterocycles. The first-order valence-electron chi connectivity index (χ1n) is 9.13. The third kappa shape index (κ3) is 3.96. The summed E-state index contributed by atoms with van der Waals surface area (Å²) in [5.74, 6) is -3.20. The summed E-state index contributed by atoms with van der Waals surface area (Å²) in [5, 5.41) is 10.3. The Morgan fingerprint density at radius 2 is 1.94 bits per heavy atom. The first kappa shape index (κ1) is 21.1. The summed E-state index contributed by atoms with van der Waals surface area (Å²) in [6.07, 6.45) is 1.41. The fraction of sp³-hybridized carbons (Fsp3) is 0.143. The van der Waals surface area contributed by atoms with Gasteiger partial charge < -0.3 is 10.2 Å². The molecule has 158 valence electrons. The molecule has 1 aliphatic rings. The molecular weight excluding hydrogens is 449 g/mol. The third-order valence-corrected chi connectivity index (χ3v) is 5.45. The van der Waals surface area contributed by atoms with Crippen LogP contribution in [-0.2, 0) is 9.59 Å². The van der Waals surface area contributed by atoms with Crippen molar-refractivity contribution >= 4 is 46.4 Å². The number of halogens is 4. The molecule has 0 saturated heterocycles. The number of carbonyl (C=O) groups excluding carboxylic acids is 2. The van der Waals surface area contributed by atoms with Crippen LogP contribution in [0.5, 0.6) is 0 Å². The summed E-state index contributed by atoms with van der Waals surface area (Å²) in [6.45, 7) is 1.18. The van der Waals surface area contributed by atoms with Gasteiger partial charge in [0.1, 0.15) is 23.9 Å². The van der Waals surface area contributed by atoms with Crippen molar-refractivity contribution in [1.29, 1.82) is 0 Å². The molecule has 2 amide bonds. The van der Waals surface area contributed by atoms with E-state index in [4.69, 9.17) is 23.2 Å². The van der Waals surface area contributed by atoms with Crippen LogP contribution in [0, 0.1) is 11.6 Å². The van der Waals surface area contributed by atoms with Crippen molar-refractivity contribution in [2.75, 3.05) is 16.8 Å². The van der Waals surface area contributed by atoms with Crippen LogP contribution in [0.3, 0.4) is 0 Å². The Bertz CT molecular complexity index is 1220. The SMILES string of the molecule is CC1C(=O)N(CC(=O)Nc2ccc(Cl)c(F)c2)c2cc(Cl)cc(F)c2-c2nnccc21. The molecule has 6 nitrogen and oxygen atoms in total. The van der Waals surface area contributed by atoms with Crippen molar-refractivity contribution in [2.24, 2.45) is 0 Å². The van der Waals surface area contributed by atoms with Crippen molar-refractivity contribution in [3.05, 3.63) is 69.8 Å². The highest BCUT2D eigenvalue weighted by molar-refractivity contribution is 6.31. The summed E-state index contributed by atoms with van der Waals surface area (Å²) in [5.41, 5.74) is 0.961. The van der Waals surface area contributed by atoms with E-state index in [9.17, 15) is 18.4 Å². The van der Waals surface area contributed by atoms with Crippen molar-refractivity contribution in [1.82, 2.24) is 10.2 Å². The van der Waals surface area contributed by atoms with Crippen LogP contribution in [0.25, 0.3) is 11.3 Å². The van der Waals surface area contributed by atoms with Crippen LogP contribution in [0.15, 0.2) is 42.6 Å². The molecule has 3 aromatic rings. The molecule has 0 radical (unpaired) electrons. The fourth-order valence-corrected chi connectivity index (χ4v) is 3.78. The Hall–Kier alpha value is -3.10. The summed E-state index contributed by atoms with van der Waals surface area (Å²) in [6, 6.07) is 7.86. The van der Waals surface area contributed by atoms with Gasteiger partial charge in [-0.2, -0.15) is 10.2 Å². The van der Waals surface area contributed by atoms with Crippen LogP contribution >= 0.6 is 23.2 Å². The molecule has 31 heavy (non-hydrogen) atoms. The lowest BCUT2D eigenvalue weighted by Crippen LogP contribution is -2.40. The minimum Gasteiger partial charge on any atom is -0.324 e. The van der Waals surface area contributed by atoms with E-state index in [1.54, 1.807) is 13.0 Å². The number of nitrogens with zero attached hydrogens (tertiary/aromatic N) is 3. The quantitative estimate of drug-likeness (QED) is 0.605. The first-order valence-corrected chi connectivity index (χ1v) is 9.89. The molecular formula is C21H14Cl2F2N4O2. The predicted octanol–water partition coefficient (Wildman–Crippen LogP) is 4.82. The van der Waals surface area contributed by atoms with Crippen molar-refractivity contribution in [3.8, 4) is 11.3 Å². The van der Waals surface area contributed by atoms with E-state index < -0.39 is 35.9 Å². The lowest BCUT2D eigenvalue weighted by Gasteiger charge is -2.24. The zero-order valence-corrected chi connectivity index (χ0v) is 17.5. The Morgan fingerprint density at radius 1 is 1.16 bits per heavy atom. The second-order valence-corrected chi connectivity index (χ2v) is 7.78. The highest BCUT2D eigenvalue weighted by atomic mass is 35.5. The van der Waals surface area contributed by atoms with E-state index in [1.165, 1.54) is 24.4 Å². The number of aromatic nitrogens is 2. The van der Waals surface area contributed by atoms with Gasteiger partial charge in [-0.1, -0.05) is 23.2 Å². The Labute approximate surface area is 185 Å². The van der Waals surface area contributed by atoms with Crippen molar-refractivity contribution < 1.29 is 18.4 Å². The van der Waals surface area contributed by atoms with Gasteiger partial charge in [0.25, 0.3) is 0 Å². The highest BCUT2D eigenvalue weighted by Gasteiger charge is 2.35.